The van der Waals surface area contributed by atoms with Crippen molar-refractivity contribution >= 4 is 27.5 Å². The monoisotopic (exact) mass is 384 g/mol. The van der Waals surface area contributed by atoms with E-state index in [2.05, 4.69) is 21.1 Å². The molecule has 0 aliphatic carbocycles. The Labute approximate surface area is 147 Å². The molecule has 0 unspecified atom stereocenters. The summed E-state index contributed by atoms with van der Waals surface area (Å²) in [6.45, 7) is 0.269. The van der Waals surface area contributed by atoms with E-state index in [9.17, 15) is 4.79 Å². The van der Waals surface area contributed by atoms with Gasteiger partial charge in [0.1, 0.15) is 12.4 Å². The summed E-state index contributed by atoms with van der Waals surface area (Å²) in [5.74, 6) is 1.11. The molecule has 1 aliphatic rings. The number of nitrogens with zero attached hydrogens (tertiary/aromatic N) is 2. The Morgan fingerprint density at radius 1 is 1.17 bits per heavy atom. The number of aromatic nitrogens is 1. The van der Waals surface area contributed by atoms with E-state index < -0.39 is 0 Å². The highest BCUT2D eigenvalue weighted by Crippen LogP contribution is 2.38. The maximum Gasteiger partial charge on any atom is 0.280 e. The maximum absolute atomic E-state index is 12.8. The topological polar surface area (TPSA) is 55.6 Å². The minimum absolute atomic E-state index is 0.231. The summed E-state index contributed by atoms with van der Waals surface area (Å²) in [6, 6.07) is 15.1. The lowest BCUT2D eigenvalue weighted by Gasteiger charge is -2.18. The summed E-state index contributed by atoms with van der Waals surface area (Å²) in [7, 11) is 1.71. The minimum Gasteiger partial charge on any atom is -0.488 e. The first kappa shape index (κ1) is 15.0. The second-order valence-electron chi connectivity index (χ2n) is 5.46. The molecule has 24 heavy (non-hydrogen) atoms. The zero-order valence-corrected chi connectivity index (χ0v) is 14.4. The van der Waals surface area contributed by atoms with E-state index in [1.807, 2.05) is 48.5 Å². The van der Waals surface area contributed by atoms with Crippen molar-refractivity contribution in [3.8, 4) is 17.1 Å². The molecule has 0 atom stereocenters. The van der Waals surface area contributed by atoms with Crippen LogP contribution in [0, 0.1) is 0 Å². The molecule has 6 heteroatoms. The molecule has 2 aromatic carbocycles. The molecule has 120 valence electrons. The lowest BCUT2D eigenvalue weighted by atomic mass is 10.0. The fraction of sp³-hybridized carbons (Fsp3) is 0.111. The molecule has 4 rings (SSSR count). The molecule has 0 saturated heterocycles. The van der Waals surface area contributed by atoms with Gasteiger partial charge in [0.05, 0.1) is 11.1 Å². The Morgan fingerprint density at radius 2 is 1.92 bits per heavy atom. The van der Waals surface area contributed by atoms with Gasteiger partial charge in [0.25, 0.3) is 5.91 Å². The van der Waals surface area contributed by atoms with Gasteiger partial charge in [-0.25, -0.2) is 0 Å². The predicted molar refractivity (Wildman–Crippen MR) is 93.1 cm³/mol. The third-order valence-corrected chi connectivity index (χ3v) is 4.54. The van der Waals surface area contributed by atoms with Crippen LogP contribution in [-0.4, -0.2) is 18.1 Å². The number of halogens is 1. The minimum atomic E-state index is -0.231. The van der Waals surface area contributed by atoms with E-state index in [0.717, 1.165) is 21.5 Å². The largest absolute Gasteiger partial charge is 0.488 e. The van der Waals surface area contributed by atoms with Crippen LogP contribution in [0.1, 0.15) is 16.1 Å². The molecule has 0 spiro atoms. The number of hydrogen-bond donors (Lipinski definition) is 0. The van der Waals surface area contributed by atoms with Crippen LogP contribution in [0.15, 0.2) is 57.5 Å². The first-order valence-corrected chi connectivity index (χ1v) is 8.19. The molecule has 1 amide bonds. The van der Waals surface area contributed by atoms with Crippen molar-refractivity contribution in [3.05, 3.63) is 64.3 Å². The highest BCUT2D eigenvalue weighted by Gasteiger charge is 2.30. The van der Waals surface area contributed by atoms with Gasteiger partial charge in [-0.15, -0.1) is 0 Å². The number of amides is 1. The number of ether oxygens (including phenoxy) is 1. The Balaban J connectivity index is 1.70. The molecule has 0 bridgehead atoms. The van der Waals surface area contributed by atoms with Crippen molar-refractivity contribution in [2.24, 2.45) is 0 Å². The van der Waals surface area contributed by atoms with Crippen LogP contribution < -0.4 is 9.64 Å². The molecular formula is C18H13BrN2O3. The first-order chi connectivity index (χ1) is 11.6. The van der Waals surface area contributed by atoms with Crippen molar-refractivity contribution in [1.82, 2.24) is 5.16 Å². The van der Waals surface area contributed by atoms with Crippen molar-refractivity contribution in [2.75, 3.05) is 11.9 Å². The molecule has 0 radical (unpaired) electrons. The number of benzene rings is 2. The normalized spacial score (nSPS) is 12.1. The average molecular weight is 385 g/mol. The zero-order chi connectivity index (χ0) is 16.7. The van der Waals surface area contributed by atoms with Crippen molar-refractivity contribution in [1.29, 1.82) is 0 Å². The number of carbonyl (C=O) groups is 1. The van der Waals surface area contributed by atoms with Crippen molar-refractivity contribution < 1.29 is 14.1 Å². The fourth-order valence-corrected chi connectivity index (χ4v) is 2.96. The van der Waals surface area contributed by atoms with E-state index in [1.54, 1.807) is 11.9 Å². The van der Waals surface area contributed by atoms with Gasteiger partial charge in [-0.05, 0) is 36.4 Å². The van der Waals surface area contributed by atoms with Gasteiger partial charge < -0.3 is 14.2 Å². The molecule has 2 heterocycles. The van der Waals surface area contributed by atoms with Crippen LogP contribution in [0.5, 0.6) is 5.75 Å². The SMILES string of the molecule is CN(C(=O)c1noc2c1COc1ccccc1-2)c1ccc(Br)cc1. The van der Waals surface area contributed by atoms with Crippen LogP contribution in [0.2, 0.25) is 0 Å². The van der Waals surface area contributed by atoms with Gasteiger partial charge >= 0.3 is 0 Å². The summed E-state index contributed by atoms with van der Waals surface area (Å²) in [5, 5.41) is 4.01. The summed E-state index contributed by atoms with van der Waals surface area (Å²) < 4.78 is 12.1. The lowest BCUT2D eigenvalue weighted by Crippen LogP contribution is -2.27. The summed E-state index contributed by atoms with van der Waals surface area (Å²) in [5.41, 5.74) is 2.56. The third kappa shape index (κ3) is 2.39. The summed E-state index contributed by atoms with van der Waals surface area (Å²) >= 11 is 3.39. The molecular weight excluding hydrogens is 372 g/mol. The van der Waals surface area contributed by atoms with E-state index >= 15 is 0 Å². The number of carbonyl (C=O) groups excluding carboxylic acids is 1. The molecule has 1 aromatic heterocycles. The molecule has 5 nitrogen and oxygen atoms in total. The van der Waals surface area contributed by atoms with Crippen LogP contribution in [0.25, 0.3) is 11.3 Å². The smallest absolute Gasteiger partial charge is 0.280 e. The molecule has 3 aromatic rings. The highest BCUT2D eigenvalue weighted by atomic mass is 79.9. The van der Waals surface area contributed by atoms with Gasteiger partial charge in [-0.1, -0.05) is 33.2 Å². The van der Waals surface area contributed by atoms with Crippen LogP contribution >= 0.6 is 15.9 Å². The van der Waals surface area contributed by atoms with Gasteiger partial charge in [0, 0.05) is 17.2 Å². The predicted octanol–water partition coefficient (Wildman–Crippen LogP) is 4.27. The van der Waals surface area contributed by atoms with E-state index in [-0.39, 0.29) is 18.2 Å². The number of rotatable bonds is 2. The second-order valence-corrected chi connectivity index (χ2v) is 6.38. The third-order valence-electron chi connectivity index (χ3n) is 4.01. The van der Waals surface area contributed by atoms with Gasteiger partial charge in [-0.2, -0.15) is 0 Å². The number of para-hydroxylation sites is 1. The first-order valence-electron chi connectivity index (χ1n) is 7.39. The number of anilines is 1. The second kappa shape index (κ2) is 5.79. The van der Waals surface area contributed by atoms with Crippen molar-refractivity contribution in [2.45, 2.75) is 6.61 Å². The van der Waals surface area contributed by atoms with Crippen molar-refractivity contribution in [3.63, 3.8) is 0 Å². The molecule has 1 aliphatic heterocycles. The Bertz CT molecular complexity index is 918. The van der Waals surface area contributed by atoms with E-state index in [1.165, 1.54) is 0 Å². The molecule has 0 N–H and O–H groups in total. The molecule has 0 fully saturated rings. The fourth-order valence-electron chi connectivity index (χ4n) is 2.69. The highest BCUT2D eigenvalue weighted by molar-refractivity contribution is 9.10. The van der Waals surface area contributed by atoms with Gasteiger partial charge in [0.2, 0.25) is 0 Å². The quantitative estimate of drug-likeness (QED) is 0.661. The number of fused-ring (bicyclic) bond motifs is 3. The van der Waals surface area contributed by atoms with Gasteiger partial charge in [-0.3, -0.25) is 4.79 Å². The number of hydrogen-bond acceptors (Lipinski definition) is 4. The lowest BCUT2D eigenvalue weighted by molar-refractivity contribution is 0.0982. The van der Waals surface area contributed by atoms with E-state index in [0.29, 0.717) is 11.3 Å². The zero-order valence-electron chi connectivity index (χ0n) is 12.8. The Hall–Kier alpha value is -2.60. The molecule has 0 saturated carbocycles. The Kier molecular flexibility index (Phi) is 3.61. The Morgan fingerprint density at radius 3 is 2.71 bits per heavy atom. The summed E-state index contributed by atoms with van der Waals surface area (Å²) in [4.78, 5) is 14.4. The van der Waals surface area contributed by atoms with Crippen LogP contribution in [0.3, 0.4) is 0 Å². The van der Waals surface area contributed by atoms with Crippen LogP contribution in [-0.2, 0) is 6.61 Å². The summed E-state index contributed by atoms with van der Waals surface area (Å²) in [6.07, 6.45) is 0. The van der Waals surface area contributed by atoms with Gasteiger partial charge in [0.15, 0.2) is 11.5 Å². The van der Waals surface area contributed by atoms with Crippen LogP contribution in [0.4, 0.5) is 5.69 Å². The standard InChI is InChI=1S/C18H13BrN2O3/c1-21(12-8-6-11(19)7-9-12)18(22)16-14-10-23-15-5-3-2-4-13(15)17(14)24-20-16/h2-9H,10H2,1H3. The average Bonchev–Trinajstić information content (AvgIpc) is 3.05. The maximum atomic E-state index is 12.8. The van der Waals surface area contributed by atoms with E-state index in [4.69, 9.17) is 9.26 Å².